The molecule has 0 spiro atoms. The monoisotopic (exact) mass is 444 g/mol. The number of amides is 2. The summed E-state index contributed by atoms with van der Waals surface area (Å²) < 4.78 is 0. The number of carbonyl (C=O) groups is 3. The number of carbonyl (C=O) groups excluding carboxylic acids is 3. The van der Waals surface area contributed by atoms with Crippen molar-refractivity contribution in [1.82, 2.24) is 4.90 Å². The first-order valence-electron chi connectivity index (χ1n) is 8.76. The van der Waals surface area contributed by atoms with Gasteiger partial charge in [-0.1, -0.05) is 36.4 Å². The van der Waals surface area contributed by atoms with E-state index in [1.807, 2.05) is 0 Å². The van der Waals surface area contributed by atoms with Crippen molar-refractivity contribution in [1.29, 1.82) is 0 Å². The Morgan fingerprint density at radius 2 is 1.93 bits per heavy atom. The molecular weight excluding hydrogens is 428 g/mol. The number of nitrogens with zero attached hydrogens (tertiary/aromatic N) is 2. The molecule has 30 heavy (non-hydrogen) atoms. The highest BCUT2D eigenvalue weighted by atomic mass is 32.2. The van der Waals surface area contributed by atoms with Gasteiger partial charge in [-0.15, -0.1) is 11.8 Å². The van der Waals surface area contributed by atoms with Crippen LogP contribution in [-0.4, -0.2) is 50.8 Å². The van der Waals surface area contributed by atoms with Gasteiger partial charge in [0.15, 0.2) is 5.78 Å². The Labute approximate surface area is 180 Å². The van der Waals surface area contributed by atoms with Gasteiger partial charge in [0, 0.05) is 17.4 Å². The van der Waals surface area contributed by atoms with Crippen molar-refractivity contribution in [3.05, 3.63) is 74.7 Å². The lowest BCUT2D eigenvalue weighted by atomic mass is 10.1. The van der Waals surface area contributed by atoms with Gasteiger partial charge < -0.3 is 5.11 Å². The maximum absolute atomic E-state index is 12.6. The van der Waals surface area contributed by atoms with Gasteiger partial charge in [0.25, 0.3) is 16.8 Å². The normalized spacial score (nSPS) is 15.1. The lowest BCUT2D eigenvalue weighted by Crippen LogP contribution is -2.33. The molecule has 1 aliphatic heterocycles. The minimum atomic E-state index is -0.615. The van der Waals surface area contributed by atoms with Gasteiger partial charge in [-0.05, 0) is 29.5 Å². The highest BCUT2D eigenvalue weighted by Gasteiger charge is 2.36. The van der Waals surface area contributed by atoms with E-state index in [1.165, 1.54) is 18.2 Å². The van der Waals surface area contributed by atoms with Crippen LogP contribution in [0.25, 0.3) is 6.08 Å². The molecule has 8 nitrogen and oxygen atoms in total. The maximum Gasteiger partial charge on any atom is 0.293 e. The summed E-state index contributed by atoms with van der Waals surface area (Å²) in [5, 5.41) is 19.7. The Balaban J connectivity index is 1.80. The molecule has 2 aromatic carbocycles. The summed E-state index contributed by atoms with van der Waals surface area (Å²) in [6.07, 6.45) is 1.39. The average molecular weight is 444 g/mol. The molecule has 1 aliphatic rings. The Morgan fingerprint density at radius 1 is 1.20 bits per heavy atom. The Morgan fingerprint density at radius 3 is 2.60 bits per heavy atom. The highest BCUT2D eigenvalue weighted by molar-refractivity contribution is 8.18. The van der Waals surface area contributed by atoms with Crippen molar-refractivity contribution in [2.45, 2.75) is 4.90 Å². The van der Waals surface area contributed by atoms with Crippen LogP contribution < -0.4 is 0 Å². The van der Waals surface area contributed by atoms with Crippen LogP contribution in [0.1, 0.15) is 15.9 Å². The first-order chi connectivity index (χ1) is 14.4. The van der Waals surface area contributed by atoms with Crippen LogP contribution in [0.4, 0.5) is 10.5 Å². The van der Waals surface area contributed by atoms with E-state index in [2.05, 4.69) is 0 Å². The third kappa shape index (κ3) is 4.96. The number of Topliss-reactive ketones (excluding diaryl/α,β-unsaturated/α-hetero) is 1. The van der Waals surface area contributed by atoms with Crippen LogP contribution in [0.5, 0.6) is 0 Å². The number of benzene rings is 2. The third-order valence-corrected chi connectivity index (χ3v) is 6.05. The molecule has 0 aliphatic carbocycles. The second-order valence-corrected chi connectivity index (χ2v) is 8.24. The molecule has 0 radical (unpaired) electrons. The van der Waals surface area contributed by atoms with Crippen molar-refractivity contribution in [2.24, 2.45) is 0 Å². The SMILES string of the molecule is O=C(CN1C(=O)S/C(=C\c2ccc(SCCO)c([N+](=O)[O-])c2)C1=O)c1ccccc1. The van der Waals surface area contributed by atoms with Crippen molar-refractivity contribution in [3.8, 4) is 0 Å². The fourth-order valence-corrected chi connectivity index (χ4v) is 4.29. The van der Waals surface area contributed by atoms with E-state index in [1.54, 1.807) is 36.4 Å². The topological polar surface area (TPSA) is 118 Å². The molecule has 1 heterocycles. The minimum Gasteiger partial charge on any atom is -0.396 e. The molecule has 2 aromatic rings. The number of aliphatic hydroxyl groups excluding tert-OH is 1. The van der Waals surface area contributed by atoms with Crippen LogP contribution in [0.15, 0.2) is 58.3 Å². The molecule has 1 N–H and O–H groups in total. The van der Waals surface area contributed by atoms with Gasteiger partial charge in [0.2, 0.25) is 0 Å². The maximum atomic E-state index is 12.6. The van der Waals surface area contributed by atoms with Crippen LogP contribution in [0, 0.1) is 10.1 Å². The zero-order valence-electron chi connectivity index (χ0n) is 15.5. The van der Waals surface area contributed by atoms with Crippen LogP contribution in [0.3, 0.4) is 0 Å². The third-order valence-electron chi connectivity index (χ3n) is 4.10. The number of nitro groups is 1. The molecule has 0 saturated carbocycles. The van der Waals surface area contributed by atoms with Gasteiger partial charge in [0.1, 0.15) is 0 Å². The second-order valence-electron chi connectivity index (χ2n) is 6.11. The van der Waals surface area contributed by atoms with E-state index < -0.39 is 16.1 Å². The van der Waals surface area contributed by atoms with Crippen molar-refractivity contribution < 1.29 is 24.4 Å². The van der Waals surface area contributed by atoms with E-state index in [-0.39, 0.29) is 29.5 Å². The largest absolute Gasteiger partial charge is 0.396 e. The summed E-state index contributed by atoms with van der Waals surface area (Å²) in [6.45, 7) is -0.485. The molecule has 1 fully saturated rings. The van der Waals surface area contributed by atoms with Crippen LogP contribution >= 0.6 is 23.5 Å². The summed E-state index contributed by atoms with van der Waals surface area (Å²) >= 11 is 1.83. The first-order valence-corrected chi connectivity index (χ1v) is 10.6. The molecule has 0 unspecified atom stereocenters. The molecule has 0 aromatic heterocycles. The lowest BCUT2D eigenvalue weighted by molar-refractivity contribution is -0.387. The predicted octanol–water partition coefficient (Wildman–Crippen LogP) is 3.60. The highest BCUT2D eigenvalue weighted by Crippen LogP contribution is 2.35. The zero-order valence-corrected chi connectivity index (χ0v) is 17.1. The van der Waals surface area contributed by atoms with Crippen molar-refractivity contribution in [3.63, 3.8) is 0 Å². The van der Waals surface area contributed by atoms with E-state index in [9.17, 15) is 24.5 Å². The Kier molecular flexibility index (Phi) is 7.03. The number of ketones is 1. The van der Waals surface area contributed by atoms with Crippen molar-refractivity contribution in [2.75, 3.05) is 18.9 Å². The van der Waals surface area contributed by atoms with Crippen LogP contribution in [-0.2, 0) is 4.79 Å². The quantitative estimate of drug-likeness (QED) is 0.216. The van der Waals surface area contributed by atoms with E-state index in [0.29, 0.717) is 33.5 Å². The number of hydrogen-bond acceptors (Lipinski definition) is 8. The molecule has 154 valence electrons. The van der Waals surface area contributed by atoms with E-state index in [4.69, 9.17) is 5.11 Å². The number of hydrogen-bond donors (Lipinski definition) is 1. The zero-order chi connectivity index (χ0) is 21.7. The first kappa shape index (κ1) is 21.8. The molecule has 3 rings (SSSR count). The lowest BCUT2D eigenvalue weighted by Gasteiger charge is -2.11. The Bertz CT molecular complexity index is 1040. The number of aliphatic hydroxyl groups is 1. The Hall–Kier alpha value is -2.95. The molecule has 10 heteroatoms. The summed E-state index contributed by atoms with van der Waals surface area (Å²) in [7, 11) is 0. The second kappa shape index (κ2) is 9.70. The average Bonchev–Trinajstić information content (AvgIpc) is 3.00. The summed E-state index contributed by atoms with van der Waals surface area (Å²) in [5.74, 6) is -0.662. The fourth-order valence-electron chi connectivity index (χ4n) is 2.69. The molecule has 0 atom stereocenters. The fraction of sp³-hybridized carbons (Fsp3) is 0.150. The summed E-state index contributed by atoms with van der Waals surface area (Å²) in [6, 6.07) is 12.8. The number of imide groups is 1. The summed E-state index contributed by atoms with van der Waals surface area (Å²) in [4.78, 5) is 49.3. The minimum absolute atomic E-state index is 0.0888. The van der Waals surface area contributed by atoms with E-state index >= 15 is 0 Å². The van der Waals surface area contributed by atoms with E-state index in [0.717, 1.165) is 16.7 Å². The smallest absolute Gasteiger partial charge is 0.293 e. The summed E-state index contributed by atoms with van der Waals surface area (Å²) in [5.41, 5.74) is 0.628. The predicted molar refractivity (Wildman–Crippen MR) is 114 cm³/mol. The van der Waals surface area contributed by atoms with Crippen molar-refractivity contribution >= 4 is 52.2 Å². The molecule has 2 amide bonds. The van der Waals surface area contributed by atoms with Gasteiger partial charge in [-0.25, -0.2) is 0 Å². The number of rotatable bonds is 8. The molecule has 1 saturated heterocycles. The van der Waals surface area contributed by atoms with Gasteiger partial charge in [-0.3, -0.25) is 29.4 Å². The molecule has 0 bridgehead atoms. The van der Waals surface area contributed by atoms with Gasteiger partial charge in [0.05, 0.1) is 27.9 Å². The van der Waals surface area contributed by atoms with Gasteiger partial charge >= 0.3 is 0 Å². The standard InChI is InChI=1S/C20H16N2O6S2/c23-8-9-29-17-7-6-13(10-15(17)22(27)28)11-18-19(25)21(20(26)30-18)12-16(24)14-4-2-1-3-5-14/h1-7,10-11,23H,8-9,12H2/b18-11-. The van der Waals surface area contributed by atoms with Gasteiger partial charge in [-0.2, -0.15) is 0 Å². The number of thioether (sulfide) groups is 2. The number of nitro benzene ring substituents is 1. The molecular formula is C20H16N2O6S2. The van der Waals surface area contributed by atoms with Crippen LogP contribution in [0.2, 0.25) is 0 Å².